The van der Waals surface area contributed by atoms with Gasteiger partial charge in [-0.3, -0.25) is 4.79 Å². The Hall–Kier alpha value is -0.610. The van der Waals surface area contributed by atoms with Gasteiger partial charge in [0.25, 0.3) is 0 Å². The fourth-order valence-electron chi connectivity index (χ4n) is 1.48. The van der Waals surface area contributed by atoms with Gasteiger partial charge in [0.1, 0.15) is 5.54 Å². The van der Waals surface area contributed by atoms with Crippen LogP contribution in [0.2, 0.25) is 0 Å². The van der Waals surface area contributed by atoms with E-state index in [2.05, 4.69) is 19.2 Å². The molecule has 1 atom stereocenters. The van der Waals surface area contributed by atoms with Crippen LogP contribution in [0.25, 0.3) is 0 Å². The first-order valence-corrected chi connectivity index (χ1v) is 6.60. The molecule has 0 amide bonds. The van der Waals surface area contributed by atoms with Crippen LogP contribution >= 0.6 is 0 Å². The van der Waals surface area contributed by atoms with Gasteiger partial charge in [-0.05, 0) is 39.7 Å². The Morgan fingerprint density at radius 2 is 1.88 bits per heavy atom. The maximum atomic E-state index is 11.9. The van der Waals surface area contributed by atoms with Gasteiger partial charge < -0.3 is 14.8 Å². The monoisotopic (exact) mass is 245 g/mol. The van der Waals surface area contributed by atoms with Crippen molar-refractivity contribution >= 4 is 5.97 Å². The number of rotatable bonds is 10. The third kappa shape index (κ3) is 6.64. The molecule has 0 aromatic carbocycles. The lowest BCUT2D eigenvalue weighted by atomic mass is 9.98. The van der Waals surface area contributed by atoms with Gasteiger partial charge in [0.05, 0.1) is 6.61 Å². The van der Waals surface area contributed by atoms with Crippen LogP contribution < -0.4 is 5.32 Å². The first-order valence-electron chi connectivity index (χ1n) is 6.60. The van der Waals surface area contributed by atoms with Crippen molar-refractivity contribution in [2.45, 2.75) is 52.5 Å². The minimum atomic E-state index is -0.625. The number of esters is 1. The molecule has 0 rings (SSSR count). The molecule has 102 valence electrons. The van der Waals surface area contributed by atoms with E-state index in [4.69, 9.17) is 9.47 Å². The Morgan fingerprint density at radius 3 is 2.41 bits per heavy atom. The Balaban J connectivity index is 4.22. The fourth-order valence-corrected chi connectivity index (χ4v) is 1.48. The summed E-state index contributed by atoms with van der Waals surface area (Å²) in [5.41, 5.74) is -0.625. The van der Waals surface area contributed by atoms with E-state index in [0.717, 1.165) is 26.0 Å². The molecule has 0 bridgehead atoms. The van der Waals surface area contributed by atoms with Crippen LogP contribution in [0, 0.1) is 0 Å². The van der Waals surface area contributed by atoms with Crippen molar-refractivity contribution < 1.29 is 14.3 Å². The Bertz CT molecular complexity index is 209. The van der Waals surface area contributed by atoms with E-state index in [1.54, 1.807) is 0 Å². The van der Waals surface area contributed by atoms with E-state index in [1.807, 2.05) is 13.8 Å². The normalized spacial score (nSPS) is 14.4. The molecule has 0 aromatic rings. The van der Waals surface area contributed by atoms with E-state index in [-0.39, 0.29) is 5.97 Å². The number of carbonyl (C=O) groups is 1. The average molecular weight is 245 g/mol. The van der Waals surface area contributed by atoms with E-state index in [0.29, 0.717) is 19.6 Å². The van der Waals surface area contributed by atoms with Crippen molar-refractivity contribution in [3.05, 3.63) is 0 Å². The van der Waals surface area contributed by atoms with Crippen LogP contribution in [0.15, 0.2) is 0 Å². The zero-order valence-corrected chi connectivity index (χ0v) is 11.7. The molecule has 0 aliphatic carbocycles. The predicted octanol–water partition coefficient (Wildman–Crippen LogP) is 2.12. The molecule has 0 aromatic heterocycles. The zero-order valence-electron chi connectivity index (χ0n) is 11.7. The molecule has 0 heterocycles. The second-order valence-electron chi connectivity index (χ2n) is 4.34. The molecular formula is C13H27NO3. The SMILES string of the molecule is CCCNC(C)(CCOCCC)C(=O)OCC. The molecular weight excluding hydrogens is 218 g/mol. The molecule has 0 fully saturated rings. The van der Waals surface area contributed by atoms with Crippen LogP contribution in [0.1, 0.15) is 47.0 Å². The smallest absolute Gasteiger partial charge is 0.326 e. The number of hydrogen-bond donors (Lipinski definition) is 1. The van der Waals surface area contributed by atoms with Gasteiger partial charge in [0, 0.05) is 13.2 Å². The Kier molecular flexibility index (Phi) is 9.09. The number of ether oxygens (including phenoxy) is 2. The average Bonchev–Trinajstić information content (AvgIpc) is 2.32. The zero-order chi connectivity index (χ0) is 13.1. The lowest BCUT2D eigenvalue weighted by Crippen LogP contribution is -2.51. The van der Waals surface area contributed by atoms with Crippen LogP contribution in [0.4, 0.5) is 0 Å². The third-order valence-electron chi connectivity index (χ3n) is 2.59. The molecule has 1 N–H and O–H groups in total. The Morgan fingerprint density at radius 1 is 1.18 bits per heavy atom. The van der Waals surface area contributed by atoms with Crippen LogP contribution in [-0.2, 0) is 14.3 Å². The highest BCUT2D eigenvalue weighted by Gasteiger charge is 2.33. The summed E-state index contributed by atoms with van der Waals surface area (Å²) in [7, 11) is 0. The molecule has 0 saturated heterocycles. The fraction of sp³-hybridized carbons (Fsp3) is 0.923. The molecule has 0 aliphatic heterocycles. The molecule has 4 heteroatoms. The van der Waals surface area contributed by atoms with Gasteiger partial charge in [-0.2, -0.15) is 0 Å². The number of nitrogens with one attached hydrogen (secondary N) is 1. The summed E-state index contributed by atoms with van der Waals surface area (Å²) in [4.78, 5) is 11.9. The molecule has 0 aliphatic rings. The summed E-state index contributed by atoms with van der Waals surface area (Å²) in [6.45, 7) is 10.4. The molecule has 4 nitrogen and oxygen atoms in total. The minimum Gasteiger partial charge on any atom is -0.465 e. The summed E-state index contributed by atoms with van der Waals surface area (Å²) in [6.07, 6.45) is 2.63. The predicted molar refractivity (Wildman–Crippen MR) is 69.1 cm³/mol. The largest absolute Gasteiger partial charge is 0.465 e. The van der Waals surface area contributed by atoms with Crippen LogP contribution in [-0.4, -0.2) is 37.9 Å². The summed E-state index contributed by atoms with van der Waals surface area (Å²) in [6, 6.07) is 0. The molecule has 1 unspecified atom stereocenters. The van der Waals surface area contributed by atoms with Gasteiger partial charge in [0.15, 0.2) is 0 Å². The van der Waals surface area contributed by atoms with Crippen molar-refractivity contribution in [2.75, 3.05) is 26.4 Å². The van der Waals surface area contributed by atoms with Crippen molar-refractivity contribution in [1.29, 1.82) is 0 Å². The van der Waals surface area contributed by atoms with Gasteiger partial charge in [-0.1, -0.05) is 13.8 Å². The van der Waals surface area contributed by atoms with E-state index in [1.165, 1.54) is 0 Å². The van der Waals surface area contributed by atoms with Crippen molar-refractivity contribution in [1.82, 2.24) is 5.32 Å². The lowest BCUT2D eigenvalue weighted by molar-refractivity contribution is -0.151. The summed E-state index contributed by atoms with van der Waals surface area (Å²) in [5.74, 6) is -0.187. The topological polar surface area (TPSA) is 47.6 Å². The number of hydrogen-bond acceptors (Lipinski definition) is 4. The molecule has 0 radical (unpaired) electrons. The summed E-state index contributed by atoms with van der Waals surface area (Å²) < 4.78 is 10.5. The number of carbonyl (C=O) groups excluding carboxylic acids is 1. The van der Waals surface area contributed by atoms with Gasteiger partial charge in [-0.25, -0.2) is 0 Å². The second kappa shape index (κ2) is 9.42. The van der Waals surface area contributed by atoms with Gasteiger partial charge >= 0.3 is 5.97 Å². The van der Waals surface area contributed by atoms with Crippen LogP contribution in [0.5, 0.6) is 0 Å². The molecule has 0 saturated carbocycles. The lowest BCUT2D eigenvalue weighted by Gasteiger charge is -2.28. The highest BCUT2D eigenvalue weighted by atomic mass is 16.5. The quantitative estimate of drug-likeness (QED) is 0.473. The third-order valence-corrected chi connectivity index (χ3v) is 2.59. The van der Waals surface area contributed by atoms with Crippen LogP contribution in [0.3, 0.4) is 0 Å². The summed E-state index contributed by atoms with van der Waals surface area (Å²) >= 11 is 0. The standard InChI is InChI=1S/C13H27NO3/c1-5-9-14-13(4,12(15)17-7-3)8-11-16-10-6-2/h14H,5-11H2,1-4H3. The van der Waals surface area contributed by atoms with E-state index < -0.39 is 5.54 Å². The maximum Gasteiger partial charge on any atom is 0.326 e. The Labute approximate surface area is 105 Å². The van der Waals surface area contributed by atoms with E-state index >= 15 is 0 Å². The van der Waals surface area contributed by atoms with Crippen molar-refractivity contribution in [3.8, 4) is 0 Å². The van der Waals surface area contributed by atoms with E-state index in [9.17, 15) is 4.79 Å². The first-order chi connectivity index (χ1) is 8.10. The van der Waals surface area contributed by atoms with Gasteiger partial charge in [0.2, 0.25) is 0 Å². The first kappa shape index (κ1) is 16.4. The van der Waals surface area contributed by atoms with Crippen molar-refractivity contribution in [3.63, 3.8) is 0 Å². The highest BCUT2D eigenvalue weighted by Crippen LogP contribution is 2.13. The summed E-state index contributed by atoms with van der Waals surface area (Å²) in [5, 5.41) is 3.25. The van der Waals surface area contributed by atoms with Crippen molar-refractivity contribution in [2.24, 2.45) is 0 Å². The maximum absolute atomic E-state index is 11.9. The van der Waals surface area contributed by atoms with Gasteiger partial charge in [-0.15, -0.1) is 0 Å². The highest BCUT2D eigenvalue weighted by molar-refractivity contribution is 5.80. The minimum absolute atomic E-state index is 0.187. The molecule has 0 spiro atoms. The molecule has 17 heavy (non-hydrogen) atoms. The second-order valence-corrected chi connectivity index (χ2v) is 4.34.